The molecule has 0 aromatic heterocycles. The van der Waals surface area contributed by atoms with Crippen LogP contribution in [0.3, 0.4) is 0 Å². The standard InChI is InChI=1S/C29H55NO3S/c1-2-3-4-5-6-7-8-9-10-11-13-16-20-31-24-28-23-29(33-25-28)26-32-21-17-14-12-15-18-30-19-22-34-27-30/h19,22,28-29H,2-18,20-21,23-27H2,1H3. The van der Waals surface area contributed by atoms with Crippen LogP contribution in [-0.2, 0) is 14.2 Å². The fourth-order valence-electron chi connectivity index (χ4n) is 4.84. The molecule has 0 radical (unpaired) electrons. The van der Waals surface area contributed by atoms with Gasteiger partial charge >= 0.3 is 0 Å². The second-order valence-corrected chi connectivity index (χ2v) is 11.3. The second-order valence-electron chi connectivity index (χ2n) is 10.4. The first-order chi connectivity index (χ1) is 16.9. The molecule has 2 unspecified atom stereocenters. The average Bonchev–Trinajstić information content (AvgIpc) is 3.53. The summed E-state index contributed by atoms with van der Waals surface area (Å²) in [5.74, 6) is 1.69. The maximum atomic E-state index is 5.95. The number of rotatable bonds is 24. The molecule has 0 amide bonds. The molecule has 4 nitrogen and oxygen atoms in total. The van der Waals surface area contributed by atoms with E-state index in [2.05, 4.69) is 23.4 Å². The van der Waals surface area contributed by atoms with Gasteiger partial charge in [0.25, 0.3) is 0 Å². The van der Waals surface area contributed by atoms with Crippen LogP contribution in [0.2, 0.25) is 0 Å². The van der Waals surface area contributed by atoms with E-state index in [4.69, 9.17) is 14.2 Å². The molecule has 2 aliphatic rings. The van der Waals surface area contributed by atoms with E-state index in [1.165, 1.54) is 109 Å². The Morgan fingerprint density at radius 1 is 0.765 bits per heavy atom. The number of nitrogens with zero attached hydrogens (tertiary/aromatic N) is 1. The summed E-state index contributed by atoms with van der Waals surface area (Å²) in [5, 5.41) is 2.19. The Bertz CT molecular complexity index is 476. The van der Waals surface area contributed by atoms with E-state index in [0.29, 0.717) is 5.92 Å². The Kier molecular flexibility index (Phi) is 19.4. The van der Waals surface area contributed by atoms with Crippen molar-refractivity contribution in [3.8, 4) is 0 Å². The maximum Gasteiger partial charge on any atom is 0.0813 e. The Balaban J connectivity index is 1.25. The zero-order chi connectivity index (χ0) is 23.9. The minimum atomic E-state index is 0.277. The summed E-state index contributed by atoms with van der Waals surface area (Å²) >= 11 is 1.89. The van der Waals surface area contributed by atoms with Crippen molar-refractivity contribution in [2.24, 2.45) is 5.92 Å². The lowest BCUT2D eigenvalue weighted by atomic mass is 10.1. The van der Waals surface area contributed by atoms with Crippen molar-refractivity contribution in [2.75, 3.05) is 45.5 Å². The smallest absolute Gasteiger partial charge is 0.0813 e. The number of ether oxygens (including phenoxy) is 3. The van der Waals surface area contributed by atoms with Gasteiger partial charge in [-0.15, -0.1) is 11.8 Å². The molecule has 0 bridgehead atoms. The lowest BCUT2D eigenvalue weighted by Gasteiger charge is -2.14. The number of thioether (sulfide) groups is 1. The lowest BCUT2D eigenvalue weighted by Crippen LogP contribution is -2.16. The van der Waals surface area contributed by atoms with E-state index in [0.717, 1.165) is 45.3 Å². The summed E-state index contributed by atoms with van der Waals surface area (Å²) in [7, 11) is 0. The van der Waals surface area contributed by atoms with Gasteiger partial charge in [-0.3, -0.25) is 0 Å². The van der Waals surface area contributed by atoms with Crippen molar-refractivity contribution in [2.45, 2.75) is 122 Å². The van der Waals surface area contributed by atoms with E-state index in [9.17, 15) is 0 Å². The highest BCUT2D eigenvalue weighted by Gasteiger charge is 2.25. The lowest BCUT2D eigenvalue weighted by molar-refractivity contribution is 0.0140. The van der Waals surface area contributed by atoms with Gasteiger partial charge in [-0.2, -0.15) is 0 Å². The maximum absolute atomic E-state index is 5.95. The summed E-state index contributed by atoms with van der Waals surface area (Å²) in [6.45, 7) is 7.74. The van der Waals surface area contributed by atoms with Crippen LogP contribution in [0.1, 0.15) is 116 Å². The summed E-state index contributed by atoms with van der Waals surface area (Å²) in [5.41, 5.74) is 0. The molecule has 0 spiro atoms. The summed E-state index contributed by atoms with van der Waals surface area (Å²) in [4.78, 5) is 2.40. The van der Waals surface area contributed by atoms with Crippen LogP contribution in [0.4, 0.5) is 0 Å². The Morgan fingerprint density at radius 3 is 1.97 bits per heavy atom. The second kappa shape index (κ2) is 22.0. The Labute approximate surface area is 215 Å². The molecule has 1 fully saturated rings. The van der Waals surface area contributed by atoms with Gasteiger partial charge in [0.15, 0.2) is 0 Å². The highest BCUT2D eigenvalue weighted by Crippen LogP contribution is 2.21. The first-order valence-corrected chi connectivity index (χ1v) is 15.7. The fraction of sp³-hybridized carbons (Fsp3) is 0.931. The van der Waals surface area contributed by atoms with Crippen molar-refractivity contribution < 1.29 is 14.2 Å². The van der Waals surface area contributed by atoms with Crippen molar-refractivity contribution in [3.05, 3.63) is 11.6 Å². The zero-order valence-corrected chi connectivity index (χ0v) is 23.2. The van der Waals surface area contributed by atoms with E-state index in [-0.39, 0.29) is 6.10 Å². The van der Waals surface area contributed by atoms with Crippen molar-refractivity contribution in [1.29, 1.82) is 0 Å². The Morgan fingerprint density at radius 2 is 1.35 bits per heavy atom. The highest BCUT2D eigenvalue weighted by atomic mass is 32.2. The van der Waals surface area contributed by atoms with Crippen LogP contribution < -0.4 is 0 Å². The molecule has 2 heterocycles. The van der Waals surface area contributed by atoms with E-state index < -0.39 is 0 Å². The van der Waals surface area contributed by atoms with Crippen molar-refractivity contribution in [1.82, 2.24) is 4.90 Å². The van der Waals surface area contributed by atoms with Crippen LogP contribution in [0.25, 0.3) is 0 Å². The molecule has 2 rings (SSSR count). The van der Waals surface area contributed by atoms with Crippen molar-refractivity contribution in [3.63, 3.8) is 0 Å². The third-order valence-electron chi connectivity index (χ3n) is 7.06. The van der Waals surface area contributed by atoms with Crippen LogP contribution >= 0.6 is 11.8 Å². The highest BCUT2D eigenvalue weighted by molar-refractivity contribution is 8.02. The molecule has 0 saturated carbocycles. The topological polar surface area (TPSA) is 30.9 Å². The van der Waals surface area contributed by atoms with E-state index in [1.807, 2.05) is 11.8 Å². The van der Waals surface area contributed by atoms with E-state index in [1.54, 1.807) is 0 Å². The third kappa shape index (κ3) is 16.4. The molecule has 34 heavy (non-hydrogen) atoms. The van der Waals surface area contributed by atoms with Gasteiger partial charge in [0.1, 0.15) is 0 Å². The molecular weight excluding hydrogens is 442 g/mol. The third-order valence-corrected chi connectivity index (χ3v) is 7.85. The SMILES string of the molecule is CCCCCCCCCCCCCCOCC1COC(COCCCCCCN2C=CSC2)C1. The molecule has 0 aromatic carbocycles. The predicted octanol–water partition coefficient (Wildman–Crippen LogP) is 8.16. The molecule has 2 aliphatic heterocycles. The van der Waals surface area contributed by atoms with Gasteiger partial charge in [0, 0.05) is 31.9 Å². The number of unbranched alkanes of at least 4 members (excludes halogenated alkanes) is 14. The number of hydrogen-bond donors (Lipinski definition) is 0. The average molecular weight is 498 g/mol. The van der Waals surface area contributed by atoms with Gasteiger partial charge in [0.2, 0.25) is 0 Å². The summed E-state index contributed by atoms with van der Waals surface area (Å²) in [6, 6.07) is 0. The molecule has 0 N–H and O–H groups in total. The van der Waals surface area contributed by atoms with Gasteiger partial charge < -0.3 is 19.1 Å². The molecule has 5 heteroatoms. The molecule has 1 saturated heterocycles. The molecule has 2 atom stereocenters. The number of hydrogen-bond acceptors (Lipinski definition) is 5. The Hall–Kier alpha value is -0.230. The zero-order valence-electron chi connectivity index (χ0n) is 22.4. The van der Waals surface area contributed by atoms with E-state index >= 15 is 0 Å². The molecule has 0 aromatic rings. The van der Waals surface area contributed by atoms with Crippen molar-refractivity contribution >= 4 is 11.8 Å². The first kappa shape index (κ1) is 30.0. The normalized spacial score (nSPS) is 20.1. The van der Waals surface area contributed by atoms with Crippen LogP contribution in [0.15, 0.2) is 11.6 Å². The molecule has 200 valence electrons. The molecule has 0 aliphatic carbocycles. The van der Waals surface area contributed by atoms with Gasteiger partial charge in [-0.25, -0.2) is 0 Å². The monoisotopic (exact) mass is 497 g/mol. The quantitative estimate of drug-likeness (QED) is 0.126. The van der Waals surface area contributed by atoms with Crippen LogP contribution in [0.5, 0.6) is 0 Å². The molecular formula is C29H55NO3S. The van der Waals surface area contributed by atoms with Crippen LogP contribution in [0, 0.1) is 5.92 Å². The largest absolute Gasteiger partial charge is 0.381 e. The summed E-state index contributed by atoms with van der Waals surface area (Å²) < 4.78 is 17.7. The van der Waals surface area contributed by atoms with Gasteiger partial charge in [-0.1, -0.05) is 90.4 Å². The van der Waals surface area contributed by atoms with Crippen LogP contribution in [-0.4, -0.2) is 56.5 Å². The first-order valence-electron chi connectivity index (χ1n) is 14.7. The van der Waals surface area contributed by atoms with Gasteiger partial charge in [0.05, 0.1) is 31.8 Å². The van der Waals surface area contributed by atoms with Gasteiger partial charge in [-0.05, 0) is 31.1 Å². The fourth-order valence-corrected chi connectivity index (χ4v) is 5.60. The summed E-state index contributed by atoms with van der Waals surface area (Å²) in [6.07, 6.45) is 25.3. The predicted molar refractivity (Wildman–Crippen MR) is 147 cm³/mol. The minimum absolute atomic E-state index is 0.277. The minimum Gasteiger partial charge on any atom is -0.381 e.